The quantitative estimate of drug-likeness (QED) is 0.318. The van der Waals surface area contributed by atoms with Crippen molar-refractivity contribution in [2.75, 3.05) is 0 Å². The number of aliphatic hydroxyl groups is 1. The van der Waals surface area contributed by atoms with Gasteiger partial charge in [-0.15, -0.1) is 0 Å². The molecule has 1 N–H and O–H groups in total. The summed E-state index contributed by atoms with van der Waals surface area (Å²) in [6.07, 6.45) is 15.6. The largest absolute Gasteiger partial charge is 0.389 e. The first-order valence-corrected chi connectivity index (χ1v) is 7.11. The lowest BCUT2D eigenvalue weighted by Crippen LogP contribution is -2.01. The predicted octanol–water partition coefficient (Wildman–Crippen LogP) is 4.02. The average Bonchev–Trinajstić information content (AvgIpc) is 2.34. The third-order valence-electron chi connectivity index (χ3n) is 3.02. The number of aldehydes is 1. The molecule has 0 spiro atoms. The van der Waals surface area contributed by atoms with E-state index in [9.17, 15) is 9.90 Å². The van der Waals surface area contributed by atoms with Crippen molar-refractivity contribution < 1.29 is 9.90 Å². The van der Waals surface area contributed by atoms with Crippen molar-refractivity contribution in [2.24, 2.45) is 0 Å². The number of carbonyl (C=O) groups is 1. The van der Waals surface area contributed by atoms with Crippen molar-refractivity contribution in [2.45, 2.75) is 77.2 Å². The molecule has 0 amide bonds. The van der Waals surface area contributed by atoms with Crippen LogP contribution in [0.4, 0.5) is 0 Å². The van der Waals surface area contributed by atoms with Crippen LogP contribution in [-0.2, 0) is 4.79 Å². The van der Waals surface area contributed by atoms with E-state index in [-0.39, 0.29) is 0 Å². The Morgan fingerprint density at radius 2 is 1.47 bits per heavy atom. The summed E-state index contributed by atoms with van der Waals surface area (Å²) in [5, 5.41) is 9.43. The van der Waals surface area contributed by atoms with Gasteiger partial charge in [0.25, 0.3) is 0 Å². The summed E-state index contributed by atoms with van der Waals surface area (Å²) in [7, 11) is 0. The topological polar surface area (TPSA) is 37.3 Å². The van der Waals surface area contributed by atoms with Gasteiger partial charge in [0.2, 0.25) is 0 Å². The standard InChI is InChI=1S/C15H28O2/c1-2-3-4-5-6-7-8-9-10-12-15(17)13-11-14-16/h11,13-15,17H,2-10,12H2,1H3/b13-11+. The molecule has 1 unspecified atom stereocenters. The number of allylic oxidation sites excluding steroid dienone is 1. The first-order chi connectivity index (χ1) is 8.31. The highest BCUT2D eigenvalue weighted by Gasteiger charge is 1.98. The summed E-state index contributed by atoms with van der Waals surface area (Å²) in [6.45, 7) is 2.24. The summed E-state index contributed by atoms with van der Waals surface area (Å²) < 4.78 is 0. The Hall–Kier alpha value is -0.630. The van der Waals surface area contributed by atoms with Crippen LogP contribution in [0, 0.1) is 0 Å². The van der Waals surface area contributed by atoms with E-state index in [1.165, 1.54) is 57.4 Å². The minimum Gasteiger partial charge on any atom is -0.389 e. The van der Waals surface area contributed by atoms with Crippen molar-refractivity contribution >= 4 is 6.29 Å². The molecule has 0 aromatic heterocycles. The zero-order valence-corrected chi connectivity index (χ0v) is 11.2. The molecule has 1 atom stereocenters. The molecule has 0 saturated heterocycles. The SMILES string of the molecule is CCCCCCCCCCCC(O)/C=C/C=O. The van der Waals surface area contributed by atoms with Crippen LogP contribution >= 0.6 is 0 Å². The van der Waals surface area contributed by atoms with Gasteiger partial charge in [0.1, 0.15) is 6.29 Å². The molecule has 0 aromatic carbocycles. The normalized spacial score (nSPS) is 13.1. The Kier molecular flexibility index (Phi) is 12.9. The van der Waals surface area contributed by atoms with Crippen LogP contribution in [0.3, 0.4) is 0 Å². The second kappa shape index (κ2) is 13.4. The summed E-state index contributed by atoms with van der Waals surface area (Å²) in [4.78, 5) is 10.0. The highest BCUT2D eigenvalue weighted by molar-refractivity contribution is 5.64. The number of aliphatic hydroxyl groups excluding tert-OH is 1. The minimum absolute atomic E-state index is 0.440. The third-order valence-corrected chi connectivity index (χ3v) is 3.02. The van der Waals surface area contributed by atoms with Crippen molar-refractivity contribution in [1.29, 1.82) is 0 Å². The molecule has 0 aliphatic carbocycles. The Morgan fingerprint density at radius 1 is 0.941 bits per heavy atom. The van der Waals surface area contributed by atoms with Gasteiger partial charge in [0.15, 0.2) is 0 Å². The van der Waals surface area contributed by atoms with Crippen molar-refractivity contribution in [3.8, 4) is 0 Å². The lowest BCUT2D eigenvalue weighted by Gasteiger charge is -2.05. The van der Waals surface area contributed by atoms with E-state index in [0.29, 0.717) is 6.29 Å². The van der Waals surface area contributed by atoms with E-state index in [0.717, 1.165) is 12.8 Å². The van der Waals surface area contributed by atoms with Gasteiger partial charge in [-0.1, -0.05) is 70.8 Å². The molecule has 2 nitrogen and oxygen atoms in total. The Bertz CT molecular complexity index is 187. The maximum absolute atomic E-state index is 10.0. The molecule has 0 bridgehead atoms. The van der Waals surface area contributed by atoms with Crippen molar-refractivity contribution in [3.05, 3.63) is 12.2 Å². The Morgan fingerprint density at radius 3 is 2.00 bits per heavy atom. The number of hydrogen-bond acceptors (Lipinski definition) is 2. The van der Waals surface area contributed by atoms with Gasteiger partial charge in [0, 0.05) is 0 Å². The maximum Gasteiger partial charge on any atom is 0.142 e. The van der Waals surface area contributed by atoms with E-state index in [1.54, 1.807) is 6.08 Å². The van der Waals surface area contributed by atoms with Gasteiger partial charge in [0.05, 0.1) is 6.10 Å². The Balaban J connectivity index is 3.12. The summed E-state index contributed by atoms with van der Waals surface area (Å²) in [5.74, 6) is 0. The van der Waals surface area contributed by atoms with Gasteiger partial charge in [-0.3, -0.25) is 4.79 Å². The van der Waals surface area contributed by atoms with Gasteiger partial charge >= 0.3 is 0 Å². The molecule has 0 aromatic rings. The summed E-state index contributed by atoms with van der Waals surface area (Å²) in [5.41, 5.74) is 0. The van der Waals surface area contributed by atoms with Gasteiger partial charge in [-0.2, -0.15) is 0 Å². The van der Waals surface area contributed by atoms with Crippen LogP contribution in [-0.4, -0.2) is 17.5 Å². The zero-order chi connectivity index (χ0) is 12.8. The molecule has 17 heavy (non-hydrogen) atoms. The molecule has 100 valence electrons. The van der Waals surface area contributed by atoms with E-state index in [1.807, 2.05) is 0 Å². The van der Waals surface area contributed by atoms with Crippen molar-refractivity contribution in [3.63, 3.8) is 0 Å². The van der Waals surface area contributed by atoms with Gasteiger partial charge in [-0.25, -0.2) is 0 Å². The summed E-state index contributed by atoms with van der Waals surface area (Å²) in [6, 6.07) is 0. The van der Waals surface area contributed by atoms with Crippen molar-refractivity contribution in [1.82, 2.24) is 0 Å². The first kappa shape index (κ1) is 16.4. The minimum atomic E-state index is -0.440. The van der Waals surface area contributed by atoms with E-state index in [2.05, 4.69) is 6.92 Å². The molecule has 0 fully saturated rings. The Labute approximate surface area is 106 Å². The van der Waals surface area contributed by atoms with Crippen LogP contribution < -0.4 is 0 Å². The molecular weight excluding hydrogens is 212 g/mol. The lowest BCUT2D eigenvalue weighted by molar-refractivity contribution is -0.104. The molecule has 0 rings (SSSR count). The smallest absolute Gasteiger partial charge is 0.142 e. The van der Waals surface area contributed by atoms with E-state index < -0.39 is 6.10 Å². The number of carbonyl (C=O) groups excluding carboxylic acids is 1. The van der Waals surface area contributed by atoms with E-state index >= 15 is 0 Å². The maximum atomic E-state index is 10.0. The monoisotopic (exact) mass is 240 g/mol. The van der Waals surface area contributed by atoms with Crippen LogP contribution in [0.5, 0.6) is 0 Å². The molecule has 0 heterocycles. The number of hydrogen-bond donors (Lipinski definition) is 1. The van der Waals surface area contributed by atoms with E-state index in [4.69, 9.17) is 0 Å². The zero-order valence-electron chi connectivity index (χ0n) is 11.2. The fraction of sp³-hybridized carbons (Fsp3) is 0.800. The fourth-order valence-electron chi connectivity index (χ4n) is 1.93. The lowest BCUT2D eigenvalue weighted by atomic mass is 10.1. The van der Waals surface area contributed by atoms with Crippen LogP contribution in [0.1, 0.15) is 71.1 Å². The molecule has 2 heteroatoms. The highest BCUT2D eigenvalue weighted by atomic mass is 16.3. The van der Waals surface area contributed by atoms with Crippen LogP contribution in [0.2, 0.25) is 0 Å². The fourth-order valence-corrected chi connectivity index (χ4v) is 1.93. The number of rotatable bonds is 12. The molecule has 0 aliphatic heterocycles. The second-order valence-corrected chi connectivity index (χ2v) is 4.71. The predicted molar refractivity (Wildman–Crippen MR) is 73.1 cm³/mol. The third kappa shape index (κ3) is 13.3. The van der Waals surface area contributed by atoms with Gasteiger partial charge in [-0.05, 0) is 12.5 Å². The van der Waals surface area contributed by atoms with Gasteiger partial charge < -0.3 is 5.11 Å². The average molecular weight is 240 g/mol. The van der Waals surface area contributed by atoms with Crippen LogP contribution in [0.15, 0.2) is 12.2 Å². The van der Waals surface area contributed by atoms with Crippen LogP contribution in [0.25, 0.3) is 0 Å². The number of unbranched alkanes of at least 4 members (excludes halogenated alkanes) is 8. The summed E-state index contributed by atoms with van der Waals surface area (Å²) >= 11 is 0. The molecule has 0 radical (unpaired) electrons. The second-order valence-electron chi connectivity index (χ2n) is 4.71. The molecule has 0 aliphatic rings. The highest BCUT2D eigenvalue weighted by Crippen LogP contribution is 2.11. The first-order valence-electron chi connectivity index (χ1n) is 7.11. The molecule has 0 saturated carbocycles. The molecular formula is C15H28O2.